The van der Waals surface area contributed by atoms with E-state index in [4.69, 9.17) is 0 Å². The summed E-state index contributed by atoms with van der Waals surface area (Å²) in [7, 11) is 0. The van der Waals surface area contributed by atoms with Crippen molar-refractivity contribution < 1.29 is 4.92 Å². The van der Waals surface area contributed by atoms with E-state index in [1.165, 1.54) is 6.07 Å². The molecule has 0 saturated heterocycles. The van der Waals surface area contributed by atoms with Gasteiger partial charge in [-0.3, -0.25) is 10.1 Å². The summed E-state index contributed by atoms with van der Waals surface area (Å²) in [6.45, 7) is 0. The first-order valence-electron chi connectivity index (χ1n) is 4.68. The van der Waals surface area contributed by atoms with Crippen molar-refractivity contribution in [3.8, 4) is 11.1 Å². The molecule has 0 heterocycles. The van der Waals surface area contributed by atoms with Gasteiger partial charge in [-0.25, -0.2) is 0 Å². The highest BCUT2D eigenvalue weighted by Gasteiger charge is 2.10. The van der Waals surface area contributed by atoms with Crippen LogP contribution < -0.4 is 0 Å². The molecule has 0 aliphatic carbocycles. The first-order valence-corrected chi connectivity index (χ1v) is 5.76. The average molecular weight is 325 g/mol. The zero-order valence-electron chi connectivity index (χ0n) is 8.26. The van der Waals surface area contributed by atoms with Crippen LogP contribution in [0.15, 0.2) is 48.5 Å². The number of nitrogens with zero attached hydrogens (tertiary/aromatic N) is 1. The third-order valence-electron chi connectivity index (χ3n) is 2.25. The van der Waals surface area contributed by atoms with Gasteiger partial charge in [-0.05, 0) is 34.2 Å². The van der Waals surface area contributed by atoms with Gasteiger partial charge in [0.1, 0.15) is 0 Å². The van der Waals surface area contributed by atoms with Gasteiger partial charge in [0.2, 0.25) is 0 Å². The zero-order chi connectivity index (χ0) is 11.5. The predicted octanol–water partition coefficient (Wildman–Crippen LogP) is 3.87. The van der Waals surface area contributed by atoms with Crippen molar-refractivity contribution in [1.82, 2.24) is 0 Å². The van der Waals surface area contributed by atoms with Crippen molar-refractivity contribution in [3.63, 3.8) is 0 Å². The summed E-state index contributed by atoms with van der Waals surface area (Å²) in [5.74, 6) is 0. The lowest BCUT2D eigenvalue weighted by molar-refractivity contribution is -0.384. The Kier molecular flexibility index (Phi) is 3.19. The van der Waals surface area contributed by atoms with E-state index in [1.54, 1.807) is 12.1 Å². The van der Waals surface area contributed by atoms with Gasteiger partial charge in [-0.2, -0.15) is 0 Å². The fourth-order valence-electron chi connectivity index (χ4n) is 1.47. The van der Waals surface area contributed by atoms with Gasteiger partial charge in [-0.15, -0.1) is 0 Å². The summed E-state index contributed by atoms with van der Waals surface area (Å²) in [4.78, 5) is 10.3. The SMILES string of the molecule is O=[N+]([O-])c1ccc(I)c(-c2ccccc2)c1. The number of rotatable bonds is 2. The van der Waals surface area contributed by atoms with E-state index in [9.17, 15) is 10.1 Å². The molecule has 0 aliphatic heterocycles. The molecule has 0 aromatic heterocycles. The Labute approximate surface area is 106 Å². The predicted molar refractivity (Wildman–Crippen MR) is 71.2 cm³/mol. The van der Waals surface area contributed by atoms with Gasteiger partial charge in [0.05, 0.1) is 4.92 Å². The third kappa shape index (κ3) is 2.21. The molecule has 4 heteroatoms. The Balaban J connectivity index is 2.56. The van der Waals surface area contributed by atoms with Gasteiger partial charge in [-0.1, -0.05) is 30.3 Å². The summed E-state index contributed by atoms with van der Waals surface area (Å²) in [5, 5.41) is 10.7. The lowest BCUT2D eigenvalue weighted by Gasteiger charge is -2.04. The molecular weight excluding hydrogens is 317 g/mol. The molecule has 0 radical (unpaired) electrons. The van der Waals surface area contributed by atoms with Crippen LogP contribution in [0.1, 0.15) is 0 Å². The van der Waals surface area contributed by atoms with Crippen molar-refractivity contribution in [3.05, 3.63) is 62.2 Å². The summed E-state index contributed by atoms with van der Waals surface area (Å²) >= 11 is 2.18. The first kappa shape index (κ1) is 11.1. The van der Waals surface area contributed by atoms with Crippen molar-refractivity contribution in [2.24, 2.45) is 0 Å². The number of benzene rings is 2. The van der Waals surface area contributed by atoms with Crippen molar-refractivity contribution >= 4 is 28.3 Å². The molecule has 0 spiro atoms. The summed E-state index contributed by atoms with van der Waals surface area (Å²) in [6, 6.07) is 14.6. The molecule has 0 amide bonds. The quantitative estimate of drug-likeness (QED) is 0.478. The zero-order valence-corrected chi connectivity index (χ0v) is 10.4. The minimum atomic E-state index is -0.373. The number of nitro groups is 1. The molecule has 2 aromatic rings. The molecule has 0 N–H and O–H groups in total. The Bertz CT molecular complexity index is 526. The smallest absolute Gasteiger partial charge is 0.258 e. The van der Waals surface area contributed by atoms with Crippen molar-refractivity contribution in [2.45, 2.75) is 0 Å². The Morgan fingerprint density at radius 3 is 2.38 bits per heavy atom. The van der Waals surface area contributed by atoms with Crippen LogP contribution in [0.2, 0.25) is 0 Å². The van der Waals surface area contributed by atoms with Gasteiger partial charge in [0.15, 0.2) is 0 Å². The summed E-state index contributed by atoms with van der Waals surface area (Å²) in [6.07, 6.45) is 0. The Hall–Kier alpha value is -1.43. The molecule has 80 valence electrons. The molecule has 0 fully saturated rings. The normalized spacial score (nSPS) is 10.1. The van der Waals surface area contributed by atoms with Crippen LogP contribution in [-0.2, 0) is 0 Å². The number of hydrogen-bond acceptors (Lipinski definition) is 2. The average Bonchev–Trinajstić information content (AvgIpc) is 2.30. The molecule has 3 nitrogen and oxygen atoms in total. The lowest BCUT2D eigenvalue weighted by Crippen LogP contribution is -1.90. The molecule has 0 unspecified atom stereocenters. The highest BCUT2D eigenvalue weighted by molar-refractivity contribution is 14.1. The maximum absolute atomic E-state index is 10.7. The van der Waals surface area contributed by atoms with Crippen LogP contribution in [0, 0.1) is 13.7 Å². The number of non-ortho nitro benzene ring substituents is 1. The van der Waals surface area contributed by atoms with E-state index in [2.05, 4.69) is 22.6 Å². The monoisotopic (exact) mass is 325 g/mol. The van der Waals surface area contributed by atoms with E-state index in [-0.39, 0.29) is 10.6 Å². The number of halogens is 1. The van der Waals surface area contributed by atoms with E-state index in [0.717, 1.165) is 14.7 Å². The highest BCUT2D eigenvalue weighted by atomic mass is 127. The van der Waals surface area contributed by atoms with Crippen LogP contribution >= 0.6 is 22.6 Å². The molecular formula is C12H8INO2. The van der Waals surface area contributed by atoms with E-state index in [1.807, 2.05) is 30.3 Å². The fourth-order valence-corrected chi connectivity index (χ4v) is 2.11. The number of hydrogen-bond donors (Lipinski definition) is 0. The molecule has 0 saturated carbocycles. The summed E-state index contributed by atoms with van der Waals surface area (Å²) < 4.78 is 1.01. The number of nitro benzene ring substituents is 1. The standard InChI is InChI=1S/C12H8INO2/c13-12-7-6-10(14(15)16)8-11(12)9-4-2-1-3-5-9/h1-8H. The van der Waals surface area contributed by atoms with Crippen LogP contribution in [-0.4, -0.2) is 4.92 Å². The van der Waals surface area contributed by atoms with Crippen LogP contribution in [0.25, 0.3) is 11.1 Å². The topological polar surface area (TPSA) is 43.1 Å². The van der Waals surface area contributed by atoms with E-state index >= 15 is 0 Å². The van der Waals surface area contributed by atoms with E-state index < -0.39 is 0 Å². The minimum absolute atomic E-state index is 0.124. The second-order valence-electron chi connectivity index (χ2n) is 3.29. The van der Waals surface area contributed by atoms with Crippen LogP contribution in [0.4, 0.5) is 5.69 Å². The maximum atomic E-state index is 10.7. The lowest BCUT2D eigenvalue weighted by atomic mass is 10.1. The van der Waals surface area contributed by atoms with Crippen LogP contribution in [0.5, 0.6) is 0 Å². The van der Waals surface area contributed by atoms with Crippen molar-refractivity contribution in [2.75, 3.05) is 0 Å². The van der Waals surface area contributed by atoms with Crippen LogP contribution in [0.3, 0.4) is 0 Å². The highest BCUT2D eigenvalue weighted by Crippen LogP contribution is 2.28. The van der Waals surface area contributed by atoms with E-state index in [0.29, 0.717) is 0 Å². The second-order valence-corrected chi connectivity index (χ2v) is 4.45. The molecule has 0 aliphatic rings. The Morgan fingerprint density at radius 1 is 1.06 bits per heavy atom. The largest absolute Gasteiger partial charge is 0.270 e. The van der Waals surface area contributed by atoms with Crippen molar-refractivity contribution in [1.29, 1.82) is 0 Å². The van der Waals surface area contributed by atoms with Gasteiger partial charge in [0.25, 0.3) is 5.69 Å². The molecule has 2 aromatic carbocycles. The molecule has 0 bridgehead atoms. The van der Waals surface area contributed by atoms with Gasteiger partial charge < -0.3 is 0 Å². The van der Waals surface area contributed by atoms with Gasteiger partial charge >= 0.3 is 0 Å². The van der Waals surface area contributed by atoms with Gasteiger partial charge in [0, 0.05) is 21.3 Å². The summed E-state index contributed by atoms with van der Waals surface area (Å²) in [5.41, 5.74) is 2.02. The molecule has 0 atom stereocenters. The first-order chi connectivity index (χ1) is 7.68. The second kappa shape index (κ2) is 4.61. The third-order valence-corrected chi connectivity index (χ3v) is 3.19. The molecule has 2 rings (SSSR count). The minimum Gasteiger partial charge on any atom is -0.258 e. The Morgan fingerprint density at radius 2 is 1.75 bits per heavy atom. The molecule has 16 heavy (non-hydrogen) atoms. The maximum Gasteiger partial charge on any atom is 0.270 e. The fraction of sp³-hybridized carbons (Fsp3) is 0.